The van der Waals surface area contributed by atoms with Crippen LogP contribution in [0.15, 0.2) is 12.7 Å². The third-order valence-corrected chi connectivity index (χ3v) is 3.06. The number of rotatable bonds is 3. The van der Waals surface area contributed by atoms with E-state index in [1.807, 2.05) is 0 Å². The minimum absolute atomic E-state index is 0.138. The molecular formula is C10H13NO4. The monoisotopic (exact) mass is 211 g/mol. The van der Waals surface area contributed by atoms with Crippen LogP contribution in [0.5, 0.6) is 0 Å². The van der Waals surface area contributed by atoms with Gasteiger partial charge in [-0.1, -0.05) is 12.7 Å². The zero-order valence-electron chi connectivity index (χ0n) is 8.26. The third-order valence-electron chi connectivity index (χ3n) is 3.06. The van der Waals surface area contributed by atoms with Crippen LogP contribution in [0.3, 0.4) is 0 Å². The Bertz CT molecular complexity index is 303. The minimum Gasteiger partial charge on any atom is -0.481 e. The first-order valence-electron chi connectivity index (χ1n) is 4.90. The van der Waals surface area contributed by atoms with Gasteiger partial charge in [0.2, 0.25) is 0 Å². The van der Waals surface area contributed by atoms with Crippen molar-refractivity contribution in [3.63, 3.8) is 0 Å². The van der Waals surface area contributed by atoms with Gasteiger partial charge in [-0.15, -0.1) is 0 Å². The Hall–Kier alpha value is -1.52. The first-order valence-corrected chi connectivity index (χ1v) is 4.90. The fourth-order valence-electron chi connectivity index (χ4n) is 2.26. The highest BCUT2D eigenvalue weighted by Crippen LogP contribution is 2.51. The van der Waals surface area contributed by atoms with E-state index in [-0.39, 0.29) is 30.5 Å². The Balaban J connectivity index is 1.80. The summed E-state index contributed by atoms with van der Waals surface area (Å²) in [7, 11) is 0. The molecular weight excluding hydrogens is 198 g/mol. The number of fused-ring (bicyclic) bond motifs is 1. The lowest BCUT2D eigenvalue weighted by molar-refractivity contribution is -0.139. The van der Waals surface area contributed by atoms with Gasteiger partial charge in [0, 0.05) is 13.1 Å². The maximum atomic E-state index is 11.4. The topological polar surface area (TPSA) is 66.8 Å². The maximum Gasteiger partial charge on any atom is 0.410 e. The Morgan fingerprint density at radius 1 is 1.47 bits per heavy atom. The van der Waals surface area contributed by atoms with Crippen molar-refractivity contribution in [1.29, 1.82) is 0 Å². The fraction of sp³-hybridized carbons (Fsp3) is 0.600. The normalized spacial score (nSPS) is 32.0. The van der Waals surface area contributed by atoms with Crippen molar-refractivity contribution >= 4 is 12.1 Å². The van der Waals surface area contributed by atoms with Gasteiger partial charge in [-0.2, -0.15) is 0 Å². The van der Waals surface area contributed by atoms with Gasteiger partial charge in [-0.3, -0.25) is 4.79 Å². The predicted molar refractivity (Wildman–Crippen MR) is 51.2 cm³/mol. The van der Waals surface area contributed by atoms with E-state index in [1.165, 1.54) is 6.08 Å². The quantitative estimate of drug-likeness (QED) is 0.693. The molecule has 0 bridgehead atoms. The summed E-state index contributed by atoms with van der Waals surface area (Å²) in [5.74, 6) is -0.713. The molecule has 1 amide bonds. The Morgan fingerprint density at radius 2 is 2.07 bits per heavy atom. The summed E-state index contributed by atoms with van der Waals surface area (Å²) < 4.78 is 4.86. The van der Waals surface area contributed by atoms with Crippen molar-refractivity contribution < 1.29 is 19.4 Å². The van der Waals surface area contributed by atoms with Crippen LogP contribution in [0.1, 0.15) is 0 Å². The van der Waals surface area contributed by atoms with E-state index in [0.717, 1.165) is 0 Å². The van der Waals surface area contributed by atoms with Gasteiger partial charge in [0.25, 0.3) is 0 Å². The molecule has 1 heterocycles. The largest absolute Gasteiger partial charge is 0.481 e. The van der Waals surface area contributed by atoms with Crippen molar-refractivity contribution in [3.05, 3.63) is 12.7 Å². The second-order valence-electron chi connectivity index (χ2n) is 3.96. The third kappa shape index (κ3) is 1.69. The fourth-order valence-corrected chi connectivity index (χ4v) is 2.26. The van der Waals surface area contributed by atoms with Crippen molar-refractivity contribution in [1.82, 2.24) is 4.90 Å². The summed E-state index contributed by atoms with van der Waals surface area (Å²) in [6.45, 7) is 4.67. The number of carbonyl (C=O) groups excluding carboxylic acids is 1. The predicted octanol–water partition coefficient (Wildman–Crippen LogP) is 0.571. The number of carboxylic acids is 1. The smallest absolute Gasteiger partial charge is 0.410 e. The van der Waals surface area contributed by atoms with E-state index >= 15 is 0 Å². The van der Waals surface area contributed by atoms with Gasteiger partial charge >= 0.3 is 12.1 Å². The number of aliphatic carboxylic acids is 1. The summed E-state index contributed by atoms with van der Waals surface area (Å²) in [6.07, 6.45) is 1.14. The molecule has 0 aromatic carbocycles. The molecule has 1 aliphatic heterocycles. The molecule has 5 nitrogen and oxygen atoms in total. The number of piperidine rings is 1. The average Bonchev–Trinajstić information content (AvgIpc) is 2.72. The first-order chi connectivity index (χ1) is 7.15. The summed E-state index contributed by atoms with van der Waals surface area (Å²) in [4.78, 5) is 23.6. The number of amides is 1. The van der Waals surface area contributed by atoms with Crippen molar-refractivity contribution in [2.45, 2.75) is 0 Å². The van der Waals surface area contributed by atoms with Crippen LogP contribution in [0.25, 0.3) is 0 Å². The second-order valence-corrected chi connectivity index (χ2v) is 3.96. The van der Waals surface area contributed by atoms with Crippen LogP contribution in [-0.4, -0.2) is 41.8 Å². The number of ether oxygens (including phenoxy) is 1. The molecule has 2 fully saturated rings. The van der Waals surface area contributed by atoms with Gasteiger partial charge in [-0.25, -0.2) is 4.79 Å². The highest BCUT2D eigenvalue weighted by Gasteiger charge is 2.60. The van der Waals surface area contributed by atoms with Gasteiger partial charge in [0.15, 0.2) is 0 Å². The number of nitrogens with zero attached hydrogens (tertiary/aromatic N) is 1. The SMILES string of the molecule is C=CCOC(=O)N1C[C@@H]2C(C(=O)O)[C@@H]2C1. The molecule has 1 unspecified atom stereocenters. The Kier molecular flexibility index (Phi) is 2.38. The number of carbonyl (C=O) groups is 2. The highest BCUT2D eigenvalue weighted by atomic mass is 16.6. The molecule has 5 heteroatoms. The van der Waals surface area contributed by atoms with Gasteiger partial charge in [0.05, 0.1) is 5.92 Å². The zero-order chi connectivity index (χ0) is 11.0. The lowest BCUT2D eigenvalue weighted by Crippen LogP contribution is -2.33. The maximum absolute atomic E-state index is 11.4. The van der Waals surface area contributed by atoms with E-state index in [9.17, 15) is 9.59 Å². The van der Waals surface area contributed by atoms with Crippen molar-refractivity contribution in [3.8, 4) is 0 Å². The van der Waals surface area contributed by atoms with Crippen LogP contribution in [0.2, 0.25) is 0 Å². The molecule has 3 atom stereocenters. The molecule has 0 aromatic heterocycles. The van der Waals surface area contributed by atoms with Crippen LogP contribution in [-0.2, 0) is 9.53 Å². The van der Waals surface area contributed by atoms with E-state index in [1.54, 1.807) is 4.90 Å². The Morgan fingerprint density at radius 3 is 2.53 bits per heavy atom. The standard InChI is InChI=1S/C10H13NO4/c1-2-3-15-10(14)11-4-6-7(5-11)8(6)9(12)13/h2,6-8H,1,3-5H2,(H,12,13)/t6-,7+,8?. The molecule has 1 saturated heterocycles. The van der Waals surface area contributed by atoms with Crippen molar-refractivity contribution in [2.24, 2.45) is 17.8 Å². The van der Waals surface area contributed by atoms with E-state index in [0.29, 0.717) is 13.1 Å². The molecule has 1 N–H and O–H groups in total. The first kappa shape index (κ1) is 10.0. The summed E-state index contributed by atoms with van der Waals surface area (Å²) >= 11 is 0. The lowest BCUT2D eigenvalue weighted by atomic mass is 10.3. The van der Waals surface area contributed by atoms with Gasteiger partial charge < -0.3 is 14.7 Å². The molecule has 0 spiro atoms. The Labute approximate surface area is 87.3 Å². The molecule has 0 radical (unpaired) electrons. The lowest BCUT2D eigenvalue weighted by Gasteiger charge is -2.17. The van der Waals surface area contributed by atoms with E-state index in [4.69, 9.17) is 9.84 Å². The van der Waals surface area contributed by atoms with E-state index in [2.05, 4.69) is 6.58 Å². The minimum atomic E-state index is -0.746. The van der Waals surface area contributed by atoms with Crippen LogP contribution in [0, 0.1) is 17.8 Å². The van der Waals surface area contributed by atoms with Crippen LogP contribution >= 0.6 is 0 Å². The highest BCUT2D eigenvalue weighted by molar-refractivity contribution is 5.76. The van der Waals surface area contributed by atoms with E-state index < -0.39 is 5.97 Å². The van der Waals surface area contributed by atoms with Gasteiger partial charge in [0.1, 0.15) is 6.61 Å². The molecule has 2 aliphatic rings. The summed E-state index contributed by atoms with van der Waals surface area (Å²) in [5.41, 5.74) is 0. The van der Waals surface area contributed by atoms with Gasteiger partial charge in [-0.05, 0) is 11.8 Å². The number of carboxylic acid groups (broad SMARTS) is 1. The molecule has 1 aliphatic carbocycles. The molecule has 0 aromatic rings. The number of hydrogen-bond acceptors (Lipinski definition) is 3. The number of likely N-dealkylation sites (tertiary alicyclic amines) is 1. The van der Waals surface area contributed by atoms with Crippen molar-refractivity contribution in [2.75, 3.05) is 19.7 Å². The van der Waals surface area contributed by atoms with Crippen LogP contribution < -0.4 is 0 Å². The zero-order valence-corrected chi connectivity index (χ0v) is 8.26. The van der Waals surface area contributed by atoms with Crippen LogP contribution in [0.4, 0.5) is 4.79 Å². The number of hydrogen-bond donors (Lipinski definition) is 1. The molecule has 82 valence electrons. The second kappa shape index (κ2) is 3.56. The molecule has 1 saturated carbocycles. The molecule has 2 rings (SSSR count). The summed E-state index contributed by atoms with van der Waals surface area (Å²) in [5, 5.41) is 8.78. The summed E-state index contributed by atoms with van der Waals surface area (Å²) in [6, 6.07) is 0. The average molecular weight is 211 g/mol. The molecule has 15 heavy (non-hydrogen) atoms.